The number of fused-ring (bicyclic) bond motifs is 1. The maximum atomic E-state index is 13.8. The molecule has 3 rings (SSSR count). The second-order valence-corrected chi connectivity index (χ2v) is 7.07. The predicted molar refractivity (Wildman–Crippen MR) is 92.4 cm³/mol. The van der Waals surface area contributed by atoms with Gasteiger partial charge in [0.2, 0.25) is 11.7 Å². The summed E-state index contributed by atoms with van der Waals surface area (Å²) >= 11 is 0. The van der Waals surface area contributed by atoms with Gasteiger partial charge in [-0.25, -0.2) is 13.2 Å². The van der Waals surface area contributed by atoms with E-state index in [2.05, 4.69) is 10.2 Å². The molecule has 30 heavy (non-hydrogen) atoms. The number of nitrogens with two attached hydrogens (primary N) is 1. The molecule has 0 radical (unpaired) electrons. The summed E-state index contributed by atoms with van der Waals surface area (Å²) in [7, 11) is 0. The van der Waals surface area contributed by atoms with Gasteiger partial charge in [0.1, 0.15) is 5.82 Å². The molecule has 0 unspecified atom stereocenters. The standard InChI is InChI=1S/C18H19F6N5O/c1-2-14-16-26-27-17(18(22,23)24)29(16)4-3-28(14)15(30)7-10(25)5-9-6-12(20)13(21)8-11(9)19/h6,8,10,14H,2-5,7,25H2,1H3/t10-,14-/m1/s1. The van der Waals surface area contributed by atoms with Crippen LogP contribution in [0, 0.1) is 17.5 Å². The predicted octanol–water partition coefficient (Wildman–Crippen LogP) is 2.97. The molecule has 2 heterocycles. The number of amides is 1. The first-order chi connectivity index (χ1) is 14.0. The van der Waals surface area contributed by atoms with Crippen molar-refractivity contribution in [2.75, 3.05) is 6.54 Å². The van der Waals surface area contributed by atoms with Crippen LogP contribution in [0.5, 0.6) is 0 Å². The number of hydrogen-bond acceptors (Lipinski definition) is 4. The van der Waals surface area contributed by atoms with E-state index in [0.29, 0.717) is 18.6 Å². The van der Waals surface area contributed by atoms with Gasteiger partial charge in [0.25, 0.3) is 0 Å². The quantitative estimate of drug-likeness (QED) is 0.579. The van der Waals surface area contributed by atoms with E-state index in [1.54, 1.807) is 6.92 Å². The third-order valence-electron chi connectivity index (χ3n) is 4.99. The van der Waals surface area contributed by atoms with E-state index in [1.165, 1.54) is 4.90 Å². The van der Waals surface area contributed by atoms with Crippen molar-refractivity contribution >= 4 is 5.91 Å². The highest BCUT2D eigenvalue weighted by atomic mass is 19.4. The van der Waals surface area contributed by atoms with Gasteiger partial charge in [-0.3, -0.25) is 4.79 Å². The maximum absolute atomic E-state index is 13.8. The van der Waals surface area contributed by atoms with E-state index < -0.39 is 47.4 Å². The van der Waals surface area contributed by atoms with Crippen LogP contribution < -0.4 is 5.73 Å². The maximum Gasteiger partial charge on any atom is 0.451 e. The summed E-state index contributed by atoms with van der Waals surface area (Å²) in [6.07, 6.45) is -4.83. The molecule has 1 amide bonds. The summed E-state index contributed by atoms with van der Waals surface area (Å²) in [6, 6.07) is -0.532. The third kappa shape index (κ3) is 4.27. The molecule has 2 aromatic rings. The van der Waals surface area contributed by atoms with Crippen LogP contribution in [-0.4, -0.2) is 38.2 Å². The fraction of sp³-hybridized carbons (Fsp3) is 0.500. The van der Waals surface area contributed by atoms with Gasteiger partial charge < -0.3 is 15.2 Å². The fourth-order valence-corrected chi connectivity index (χ4v) is 3.61. The Morgan fingerprint density at radius 3 is 2.47 bits per heavy atom. The van der Waals surface area contributed by atoms with Gasteiger partial charge in [-0.2, -0.15) is 13.2 Å². The van der Waals surface area contributed by atoms with E-state index in [-0.39, 0.29) is 37.3 Å². The Kier molecular flexibility index (Phi) is 6.06. The highest BCUT2D eigenvalue weighted by Crippen LogP contribution is 2.34. The number of carbonyl (C=O) groups is 1. The first kappa shape index (κ1) is 22.1. The van der Waals surface area contributed by atoms with Crippen LogP contribution in [0.3, 0.4) is 0 Å². The zero-order valence-corrected chi connectivity index (χ0v) is 15.9. The highest BCUT2D eigenvalue weighted by Gasteiger charge is 2.42. The monoisotopic (exact) mass is 435 g/mol. The Bertz CT molecular complexity index is 944. The zero-order chi connectivity index (χ0) is 22.2. The van der Waals surface area contributed by atoms with Gasteiger partial charge in [0.15, 0.2) is 17.5 Å². The molecule has 12 heteroatoms. The molecule has 2 atom stereocenters. The molecule has 0 saturated heterocycles. The number of halogens is 6. The lowest BCUT2D eigenvalue weighted by Gasteiger charge is -2.36. The minimum Gasteiger partial charge on any atom is -0.331 e. The molecule has 0 bridgehead atoms. The van der Waals surface area contributed by atoms with Crippen molar-refractivity contribution in [2.45, 2.75) is 51.0 Å². The van der Waals surface area contributed by atoms with E-state index >= 15 is 0 Å². The molecule has 1 aliphatic rings. The zero-order valence-electron chi connectivity index (χ0n) is 15.9. The van der Waals surface area contributed by atoms with Crippen LogP contribution in [0.4, 0.5) is 26.3 Å². The highest BCUT2D eigenvalue weighted by molar-refractivity contribution is 5.77. The van der Waals surface area contributed by atoms with Crippen LogP contribution >= 0.6 is 0 Å². The third-order valence-corrected chi connectivity index (χ3v) is 4.99. The number of alkyl halides is 3. The molecule has 0 saturated carbocycles. The SMILES string of the molecule is CC[C@@H]1c2nnc(C(F)(F)F)n2CCN1C(=O)C[C@H](N)Cc1cc(F)c(F)cc1F. The van der Waals surface area contributed by atoms with Gasteiger partial charge in [0.05, 0.1) is 6.04 Å². The van der Waals surface area contributed by atoms with E-state index in [9.17, 15) is 31.1 Å². The normalized spacial score (nSPS) is 17.7. The Morgan fingerprint density at radius 1 is 1.17 bits per heavy atom. The first-order valence-corrected chi connectivity index (χ1v) is 9.21. The lowest BCUT2D eigenvalue weighted by molar-refractivity contribution is -0.148. The molecule has 1 aromatic heterocycles. The van der Waals surface area contributed by atoms with E-state index in [4.69, 9.17) is 5.73 Å². The molecule has 164 valence electrons. The molecule has 0 fully saturated rings. The molecule has 0 spiro atoms. The Labute approximate surface area is 167 Å². The van der Waals surface area contributed by atoms with Gasteiger partial charge in [-0.1, -0.05) is 6.92 Å². The van der Waals surface area contributed by atoms with Crippen molar-refractivity contribution in [3.63, 3.8) is 0 Å². The van der Waals surface area contributed by atoms with Crippen molar-refractivity contribution in [3.8, 4) is 0 Å². The summed E-state index contributed by atoms with van der Waals surface area (Å²) in [5.41, 5.74) is 5.73. The average molecular weight is 435 g/mol. The van der Waals surface area contributed by atoms with E-state index in [0.717, 1.165) is 4.57 Å². The summed E-state index contributed by atoms with van der Waals surface area (Å²) < 4.78 is 80.3. The summed E-state index contributed by atoms with van der Waals surface area (Å²) in [6.45, 7) is 1.56. The second-order valence-electron chi connectivity index (χ2n) is 7.07. The topological polar surface area (TPSA) is 77.0 Å². The number of benzene rings is 1. The summed E-state index contributed by atoms with van der Waals surface area (Å²) in [5, 5.41) is 6.85. The molecular weight excluding hydrogens is 416 g/mol. The molecule has 1 aromatic carbocycles. The van der Waals surface area contributed by atoms with Crippen molar-refractivity contribution in [1.82, 2.24) is 19.7 Å². The Morgan fingerprint density at radius 2 is 1.83 bits per heavy atom. The number of aromatic nitrogens is 3. The molecule has 2 N–H and O–H groups in total. The van der Waals surface area contributed by atoms with E-state index in [1.807, 2.05) is 0 Å². The molecule has 6 nitrogen and oxygen atoms in total. The summed E-state index contributed by atoms with van der Waals surface area (Å²) in [4.78, 5) is 14.1. The average Bonchev–Trinajstić information content (AvgIpc) is 3.09. The van der Waals surface area contributed by atoms with Crippen molar-refractivity contribution in [1.29, 1.82) is 0 Å². The Balaban J connectivity index is 1.72. The van der Waals surface area contributed by atoms with Crippen molar-refractivity contribution in [2.24, 2.45) is 5.73 Å². The second kappa shape index (κ2) is 8.25. The lowest BCUT2D eigenvalue weighted by Crippen LogP contribution is -2.45. The van der Waals surface area contributed by atoms with Crippen LogP contribution in [0.1, 0.15) is 43.0 Å². The number of nitrogens with zero attached hydrogens (tertiary/aromatic N) is 4. The van der Waals surface area contributed by atoms with Crippen LogP contribution in [0.25, 0.3) is 0 Å². The van der Waals surface area contributed by atoms with Crippen molar-refractivity contribution in [3.05, 3.63) is 46.8 Å². The minimum absolute atomic E-state index is 0.00226. The molecular formula is C18H19F6N5O. The van der Waals surface area contributed by atoms with Crippen LogP contribution in [0.15, 0.2) is 12.1 Å². The van der Waals surface area contributed by atoms with Gasteiger partial charge in [0, 0.05) is 31.6 Å². The lowest BCUT2D eigenvalue weighted by atomic mass is 10.0. The smallest absolute Gasteiger partial charge is 0.331 e. The van der Waals surface area contributed by atoms with Crippen LogP contribution in [0.2, 0.25) is 0 Å². The Hall–Kier alpha value is -2.63. The number of carbonyl (C=O) groups excluding carboxylic acids is 1. The first-order valence-electron chi connectivity index (χ1n) is 9.21. The van der Waals surface area contributed by atoms with Crippen molar-refractivity contribution < 1.29 is 31.1 Å². The summed E-state index contributed by atoms with van der Waals surface area (Å²) in [5.74, 6) is -5.08. The fourth-order valence-electron chi connectivity index (χ4n) is 3.61. The minimum atomic E-state index is -4.66. The van der Waals surface area contributed by atoms with Gasteiger partial charge in [-0.15, -0.1) is 10.2 Å². The number of rotatable bonds is 5. The largest absolute Gasteiger partial charge is 0.451 e. The molecule has 1 aliphatic heterocycles. The van der Waals surface area contributed by atoms with Gasteiger partial charge >= 0.3 is 6.18 Å². The van der Waals surface area contributed by atoms with Gasteiger partial charge in [-0.05, 0) is 24.5 Å². The molecule has 0 aliphatic carbocycles. The number of hydrogen-bond donors (Lipinski definition) is 1. The van der Waals surface area contributed by atoms with Crippen LogP contribution in [-0.2, 0) is 23.9 Å².